The zero-order chi connectivity index (χ0) is 16.4. The van der Waals surface area contributed by atoms with E-state index in [9.17, 15) is 20.2 Å². The average molecular weight is 313 g/mol. The highest BCUT2D eigenvalue weighted by molar-refractivity contribution is 5.65. The van der Waals surface area contributed by atoms with E-state index < -0.39 is 9.85 Å². The van der Waals surface area contributed by atoms with Crippen LogP contribution in [0.5, 0.6) is 0 Å². The van der Waals surface area contributed by atoms with Crippen molar-refractivity contribution in [3.05, 3.63) is 62.8 Å². The number of benzene rings is 1. The topological polar surface area (TPSA) is 138 Å². The molecule has 0 aliphatic heterocycles. The third kappa shape index (κ3) is 2.72. The molecule has 0 N–H and O–H groups in total. The minimum absolute atomic E-state index is 0.00338. The van der Waals surface area contributed by atoms with Gasteiger partial charge in [-0.1, -0.05) is 11.2 Å². The van der Waals surface area contributed by atoms with Gasteiger partial charge in [-0.2, -0.15) is 4.98 Å². The number of hydrogen-bond donors (Lipinski definition) is 0. The summed E-state index contributed by atoms with van der Waals surface area (Å²) in [5, 5.41) is 25.4. The molecule has 10 heteroatoms. The van der Waals surface area contributed by atoms with Gasteiger partial charge in [0.1, 0.15) is 0 Å². The Balaban J connectivity index is 2.03. The Morgan fingerprint density at radius 1 is 1.04 bits per heavy atom. The SMILES string of the molecule is O=[N+]([O-])c1cccc(-c2nc(-c3ncccc3[N+](=O)[O-])no2)c1. The molecule has 0 unspecified atom stereocenters. The third-order valence-corrected chi connectivity index (χ3v) is 2.92. The Morgan fingerprint density at radius 2 is 1.87 bits per heavy atom. The molecule has 0 atom stereocenters. The van der Waals surface area contributed by atoms with Crippen molar-refractivity contribution in [2.24, 2.45) is 0 Å². The second-order valence-corrected chi connectivity index (χ2v) is 4.36. The number of nitrogens with zero attached hydrogens (tertiary/aromatic N) is 5. The van der Waals surface area contributed by atoms with E-state index >= 15 is 0 Å². The summed E-state index contributed by atoms with van der Waals surface area (Å²) < 4.78 is 5.03. The molecule has 0 saturated carbocycles. The molecule has 23 heavy (non-hydrogen) atoms. The highest BCUT2D eigenvalue weighted by Crippen LogP contribution is 2.28. The molecule has 0 bridgehead atoms. The van der Waals surface area contributed by atoms with E-state index in [4.69, 9.17) is 4.52 Å². The largest absolute Gasteiger partial charge is 0.334 e. The van der Waals surface area contributed by atoms with Gasteiger partial charge in [0.15, 0.2) is 5.69 Å². The zero-order valence-corrected chi connectivity index (χ0v) is 11.3. The molecule has 3 rings (SSSR count). The fraction of sp³-hybridized carbons (Fsp3) is 0. The lowest BCUT2D eigenvalue weighted by Crippen LogP contribution is -1.95. The highest BCUT2D eigenvalue weighted by Gasteiger charge is 2.22. The van der Waals surface area contributed by atoms with Crippen LogP contribution in [0.2, 0.25) is 0 Å². The molecular formula is C13H7N5O5. The predicted molar refractivity (Wildman–Crippen MR) is 76.3 cm³/mol. The Hall–Kier alpha value is -3.69. The molecule has 0 saturated heterocycles. The molecule has 10 nitrogen and oxygen atoms in total. The fourth-order valence-corrected chi connectivity index (χ4v) is 1.91. The van der Waals surface area contributed by atoms with Crippen molar-refractivity contribution in [1.82, 2.24) is 15.1 Å². The molecule has 1 aromatic carbocycles. The van der Waals surface area contributed by atoms with Gasteiger partial charge in [0, 0.05) is 30.0 Å². The van der Waals surface area contributed by atoms with Gasteiger partial charge in [0.05, 0.1) is 9.85 Å². The van der Waals surface area contributed by atoms with Gasteiger partial charge in [-0.05, 0) is 12.1 Å². The Labute approximate surface area is 127 Å². The number of pyridine rings is 1. The van der Waals surface area contributed by atoms with E-state index in [0.717, 1.165) is 0 Å². The summed E-state index contributed by atoms with van der Waals surface area (Å²) >= 11 is 0. The summed E-state index contributed by atoms with van der Waals surface area (Å²) in [6, 6.07) is 8.31. The summed E-state index contributed by atoms with van der Waals surface area (Å²) in [7, 11) is 0. The number of hydrogen-bond acceptors (Lipinski definition) is 8. The fourth-order valence-electron chi connectivity index (χ4n) is 1.91. The standard InChI is InChI=1S/C13H7N5O5/c19-17(20)9-4-1-3-8(7-9)13-15-12(16-23-13)11-10(18(21)22)5-2-6-14-11/h1-7H. The Bertz CT molecular complexity index is 907. The van der Waals surface area contributed by atoms with E-state index in [-0.39, 0.29) is 28.8 Å². The molecule has 2 aromatic heterocycles. The quantitative estimate of drug-likeness (QED) is 0.529. The predicted octanol–water partition coefficient (Wildman–Crippen LogP) is 2.62. The second kappa shape index (κ2) is 5.60. The van der Waals surface area contributed by atoms with Crippen LogP contribution in [0.15, 0.2) is 47.1 Å². The number of nitro groups is 2. The number of rotatable bonds is 4. The average Bonchev–Trinajstić information content (AvgIpc) is 3.05. The van der Waals surface area contributed by atoms with Gasteiger partial charge < -0.3 is 4.52 Å². The summed E-state index contributed by atoms with van der Waals surface area (Å²) in [5.41, 5.74) is -0.112. The molecule has 0 spiro atoms. The van der Waals surface area contributed by atoms with E-state index in [1.807, 2.05) is 0 Å². The molecule has 0 aliphatic carbocycles. The van der Waals surface area contributed by atoms with Crippen LogP contribution in [0.4, 0.5) is 11.4 Å². The van der Waals surface area contributed by atoms with Crippen molar-refractivity contribution in [1.29, 1.82) is 0 Å². The number of nitro benzene ring substituents is 1. The van der Waals surface area contributed by atoms with Crippen molar-refractivity contribution >= 4 is 11.4 Å². The van der Waals surface area contributed by atoms with Gasteiger partial charge in [-0.25, -0.2) is 4.98 Å². The van der Waals surface area contributed by atoms with Crippen molar-refractivity contribution in [2.75, 3.05) is 0 Å². The maximum Gasteiger partial charge on any atom is 0.298 e. The summed E-state index contributed by atoms with van der Waals surface area (Å²) in [6.07, 6.45) is 1.37. The first-order chi connectivity index (χ1) is 11.1. The lowest BCUT2D eigenvalue weighted by molar-refractivity contribution is -0.384. The molecule has 0 fully saturated rings. The monoisotopic (exact) mass is 313 g/mol. The van der Waals surface area contributed by atoms with Gasteiger partial charge >= 0.3 is 0 Å². The van der Waals surface area contributed by atoms with Crippen LogP contribution in [0.3, 0.4) is 0 Å². The Kier molecular flexibility index (Phi) is 3.47. The minimum Gasteiger partial charge on any atom is -0.334 e. The molecule has 0 aliphatic rings. The van der Waals surface area contributed by atoms with Gasteiger partial charge in [0.25, 0.3) is 17.3 Å². The lowest BCUT2D eigenvalue weighted by Gasteiger charge is -1.95. The van der Waals surface area contributed by atoms with Crippen molar-refractivity contribution < 1.29 is 14.4 Å². The maximum atomic E-state index is 11.0. The summed E-state index contributed by atoms with van der Waals surface area (Å²) in [4.78, 5) is 28.5. The maximum absolute atomic E-state index is 11.0. The third-order valence-electron chi connectivity index (χ3n) is 2.92. The normalized spacial score (nSPS) is 10.4. The molecular weight excluding hydrogens is 306 g/mol. The van der Waals surface area contributed by atoms with Crippen LogP contribution in [0.25, 0.3) is 23.0 Å². The summed E-state index contributed by atoms with van der Waals surface area (Å²) in [6.45, 7) is 0. The summed E-state index contributed by atoms with van der Waals surface area (Å²) in [5.74, 6) is -0.0672. The molecule has 0 amide bonds. The zero-order valence-electron chi connectivity index (χ0n) is 11.3. The number of non-ortho nitro benzene ring substituents is 1. The van der Waals surface area contributed by atoms with Crippen molar-refractivity contribution in [2.45, 2.75) is 0 Å². The van der Waals surface area contributed by atoms with Crippen molar-refractivity contribution in [3.8, 4) is 23.0 Å². The van der Waals surface area contributed by atoms with Gasteiger partial charge in [-0.15, -0.1) is 0 Å². The van der Waals surface area contributed by atoms with Crippen LogP contribution >= 0.6 is 0 Å². The Morgan fingerprint density at radius 3 is 2.61 bits per heavy atom. The molecule has 3 aromatic rings. The first-order valence-electron chi connectivity index (χ1n) is 6.24. The molecule has 2 heterocycles. The van der Waals surface area contributed by atoms with Gasteiger partial charge in [-0.3, -0.25) is 20.2 Å². The first-order valence-corrected chi connectivity index (χ1v) is 6.24. The minimum atomic E-state index is -0.605. The van der Waals surface area contributed by atoms with Crippen LogP contribution in [0, 0.1) is 20.2 Å². The van der Waals surface area contributed by atoms with E-state index in [1.165, 1.54) is 36.5 Å². The van der Waals surface area contributed by atoms with E-state index in [1.54, 1.807) is 6.07 Å². The smallest absolute Gasteiger partial charge is 0.298 e. The lowest BCUT2D eigenvalue weighted by atomic mass is 10.2. The van der Waals surface area contributed by atoms with Crippen LogP contribution < -0.4 is 0 Å². The van der Waals surface area contributed by atoms with Crippen LogP contribution in [0.1, 0.15) is 0 Å². The van der Waals surface area contributed by atoms with Crippen LogP contribution in [-0.4, -0.2) is 25.0 Å². The van der Waals surface area contributed by atoms with Crippen molar-refractivity contribution in [3.63, 3.8) is 0 Å². The van der Waals surface area contributed by atoms with E-state index in [0.29, 0.717) is 5.56 Å². The highest BCUT2D eigenvalue weighted by atomic mass is 16.6. The molecule has 114 valence electrons. The van der Waals surface area contributed by atoms with Gasteiger partial charge in [0.2, 0.25) is 5.82 Å². The van der Waals surface area contributed by atoms with Crippen LogP contribution in [-0.2, 0) is 0 Å². The number of aromatic nitrogens is 3. The van der Waals surface area contributed by atoms with E-state index in [2.05, 4.69) is 15.1 Å². The first kappa shape index (κ1) is 14.3. The molecule has 0 radical (unpaired) electrons. The second-order valence-electron chi connectivity index (χ2n) is 4.36.